The van der Waals surface area contributed by atoms with Gasteiger partial charge in [0.1, 0.15) is 5.82 Å². The van der Waals surface area contributed by atoms with Crippen LogP contribution in [0.5, 0.6) is 0 Å². The molecule has 0 radical (unpaired) electrons. The van der Waals surface area contributed by atoms with Crippen LogP contribution >= 0.6 is 0 Å². The highest BCUT2D eigenvalue weighted by molar-refractivity contribution is 7.85. The van der Waals surface area contributed by atoms with Gasteiger partial charge in [-0.2, -0.15) is 0 Å². The van der Waals surface area contributed by atoms with Gasteiger partial charge < -0.3 is 5.73 Å². The molecule has 2 N–H and O–H groups in total. The number of anilines is 1. The molecule has 1 unspecified atom stereocenters. The van der Waals surface area contributed by atoms with E-state index in [0.29, 0.717) is 10.6 Å². The Morgan fingerprint density at radius 3 is 2.60 bits per heavy atom. The van der Waals surface area contributed by atoms with Crippen LogP contribution in [0.15, 0.2) is 23.1 Å². The van der Waals surface area contributed by atoms with Gasteiger partial charge in [0.25, 0.3) is 0 Å². The van der Waals surface area contributed by atoms with Crippen LogP contribution in [-0.2, 0) is 10.8 Å². The summed E-state index contributed by atoms with van der Waals surface area (Å²) in [4.78, 5) is 0.586. The maximum absolute atomic E-state index is 12.8. The minimum Gasteiger partial charge on any atom is -0.398 e. The summed E-state index contributed by atoms with van der Waals surface area (Å²) in [6.45, 7) is 0. The fourth-order valence-electron chi connectivity index (χ4n) is 1.98. The maximum atomic E-state index is 12.8. The molecule has 0 amide bonds. The van der Waals surface area contributed by atoms with Crippen molar-refractivity contribution >= 4 is 16.5 Å². The zero-order chi connectivity index (χ0) is 10.8. The first kappa shape index (κ1) is 10.6. The van der Waals surface area contributed by atoms with Gasteiger partial charge in [-0.25, -0.2) is 4.39 Å². The van der Waals surface area contributed by atoms with E-state index in [1.165, 1.54) is 12.1 Å². The number of nitrogens with two attached hydrogens (primary N) is 1. The number of hydrogen-bond acceptors (Lipinski definition) is 2. The summed E-state index contributed by atoms with van der Waals surface area (Å²) in [7, 11) is -1.07. The van der Waals surface area contributed by atoms with Gasteiger partial charge >= 0.3 is 0 Å². The van der Waals surface area contributed by atoms with Gasteiger partial charge in [-0.15, -0.1) is 0 Å². The molecule has 0 bridgehead atoms. The van der Waals surface area contributed by atoms with Crippen LogP contribution < -0.4 is 5.73 Å². The van der Waals surface area contributed by atoms with Crippen molar-refractivity contribution < 1.29 is 8.60 Å². The van der Waals surface area contributed by atoms with Gasteiger partial charge in [-0.05, 0) is 31.0 Å². The van der Waals surface area contributed by atoms with E-state index in [0.717, 1.165) is 25.7 Å². The van der Waals surface area contributed by atoms with E-state index in [9.17, 15) is 8.60 Å². The van der Waals surface area contributed by atoms with Gasteiger partial charge in [0.05, 0.1) is 21.4 Å². The van der Waals surface area contributed by atoms with Crippen LogP contribution in [0.25, 0.3) is 0 Å². The number of nitrogen functional groups attached to an aromatic ring is 1. The fourth-order valence-corrected chi connectivity index (χ4v) is 3.60. The van der Waals surface area contributed by atoms with E-state index in [-0.39, 0.29) is 11.1 Å². The van der Waals surface area contributed by atoms with Crippen molar-refractivity contribution in [1.82, 2.24) is 0 Å². The van der Waals surface area contributed by atoms with Crippen LogP contribution in [0.2, 0.25) is 0 Å². The third-order valence-electron chi connectivity index (χ3n) is 2.79. The van der Waals surface area contributed by atoms with E-state index in [1.54, 1.807) is 6.07 Å². The number of rotatable bonds is 2. The summed E-state index contributed by atoms with van der Waals surface area (Å²) >= 11 is 0. The van der Waals surface area contributed by atoms with E-state index >= 15 is 0 Å². The minimum atomic E-state index is -1.07. The lowest BCUT2D eigenvalue weighted by molar-refractivity contribution is 0.626. The lowest BCUT2D eigenvalue weighted by Crippen LogP contribution is -2.12. The third-order valence-corrected chi connectivity index (χ3v) is 4.68. The number of hydrogen-bond donors (Lipinski definition) is 1. The van der Waals surface area contributed by atoms with Crippen molar-refractivity contribution in [2.45, 2.75) is 35.8 Å². The normalized spacial score (nSPS) is 19.3. The number of halogens is 1. The Morgan fingerprint density at radius 1 is 1.33 bits per heavy atom. The molecular weight excluding hydrogens is 213 g/mol. The average Bonchev–Trinajstić information content (AvgIpc) is 2.69. The summed E-state index contributed by atoms with van der Waals surface area (Å²) in [5, 5.41) is 0.206. The van der Waals surface area contributed by atoms with Crippen LogP contribution in [0.4, 0.5) is 10.1 Å². The second-order valence-corrected chi connectivity index (χ2v) is 5.59. The highest BCUT2D eigenvalue weighted by atomic mass is 32.2. The summed E-state index contributed by atoms with van der Waals surface area (Å²) in [6.07, 6.45) is 4.25. The highest BCUT2D eigenvalue weighted by Crippen LogP contribution is 2.29. The molecular formula is C11H14FNOS. The van der Waals surface area contributed by atoms with Crippen LogP contribution in [-0.4, -0.2) is 9.46 Å². The van der Waals surface area contributed by atoms with E-state index in [2.05, 4.69) is 0 Å². The molecule has 1 aromatic carbocycles. The van der Waals surface area contributed by atoms with Crippen molar-refractivity contribution in [1.29, 1.82) is 0 Å². The Labute approximate surface area is 91.1 Å². The molecule has 82 valence electrons. The molecule has 0 heterocycles. The van der Waals surface area contributed by atoms with Crippen molar-refractivity contribution in [3.63, 3.8) is 0 Å². The lowest BCUT2D eigenvalue weighted by atomic mass is 10.3. The predicted octanol–water partition coefficient (Wildman–Crippen LogP) is 2.46. The smallest absolute Gasteiger partial charge is 0.125 e. The second kappa shape index (κ2) is 4.31. The average molecular weight is 227 g/mol. The standard InChI is InChI=1S/C11H14FNOS/c12-8-5-6-11(10(13)7-8)15(14)9-3-1-2-4-9/h5-7,9H,1-4,13H2. The fraction of sp³-hybridized carbons (Fsp3) is 0.455. The van der Waals surface area contributed by atoms with Crippen LogP contribution in [0, 0.1) is 5.82 Å². The first-order valence-corrected chi connectivity index (χ1v) is 6.35. The predicted molar refractivity (Wildman–Crippen MR) is 59.5 cm³/mol. The van der Waals surface area contributed by atoms with Crippen LogP contribution in [0.1, 0.15) is 25.7 Å². The Kier molecular flexibility index (Phi) is 3.05. The first-order valence-electron chi connectivity index (χ1n) is 5.14. The quantitative estimate of drug-likeness (QED) is 0.789. The second-order valence-electron chi connectivity index (χ2n) is 3.89. The van der Waals surface area contributed by atoms with Crippen molar-refractivity contribution in [2.24, 2.45) is 0 Å². The molecule has 0 spiro atoms. The Morgan fingerprint density at radius 2 is 2.00 bits per heavy atom. The van der Waals surface area contributed by atoms with Gasteiger partial charge in [0.2, 0.25) is 0 Å². The Balaban J connectivity index is 2.24. The Bertz CT molecular complexity index is 388. The molecule has 0 aromatic heterocycles. The van der Waals surface area contributed by atoms with Gasteiger partial charge in [0, 0.05) is 5.25 Å². The summed E-state index contributed by atoms with van der Waals surface area (Å²) < 4.78 is 24.9. The van der Waals surface area contributed by atoms with Crippen LogP contribution in [0.3, 0.4) is 0 Å². The molecule has 15 heavy (non-hydrogen) atoms. The molecule has 2 nitrogen and oxygen atoms in total. The highest BCUT2D eigenvalue weighted by Gasteiger charge is 2.23. The van der Waals surface area contributed by atoms with E-state index in [4.69, 9.17) is 5.73 Å². The molecule has 1 aliphatic carbocycles. The monoisotopic (exact) mass is 227 g/mol. The van der Waals surface area contributed by atoms with Gasteiger partial charge in [-0.3, -0.25) is 4.21 Å². The molecule has 2 rings (SSSR count). The third kappa shape index (κ3) is 2.20. The zero-order valence-electron chi connectivity index (χ0n) is 8.41. The summed E-state index contributed by atoms with van der Waals surface area (Å²) in [6, 6.07) is 4.10. The van der Waals surface area contributed by atoms with Crippen molar-refractivity contribution in [3.8, 4) is 0 Å². The Hall–Kier alpha value is -0.900. The van der Waals surface area contributed by atoms with E-state index in [1.807, 2.05) is 0 Å². The van der Waals surface area contributed by atoms with Crippen molar-refractivity contribution in [3.05, 3.63) is 24.0 Å². The topological polar surface area (TPSA) is 43.1 Å². The molecule has 1 fully saturated rings. The lowest BCUT2D eigenvalue weighted by Gasteiger charge is -2.11. The first-order chi connectivity index (χ1) is 7.18. The molecule has 1 saturated carbocycles. The molecule has 1 atom stereocenters. The van der Waals surface area contributed by atoms with Gasteiger partial charge in [0.15, 0.2) is 0 Å². The molecule has 4 heteroatoms. The SMILES string of the molecule is Nc1cc(F)ccc1S(=O)C1CCCC1. The molecule has 1 aromatic rings. The van der Waals surface area contributed by atoms with E-state index < -0.39 is 10.8 Å². The molecule has 0 aliphatic heterocycles. The minimum absolute atomic E-state index is 0.206. The largest absolute Gasteiger partial charge is 0.398 e. The zero-order valence-corrected chi connectivity index (χ0v) is 9.23. The van der Waals surface area contributed by atoms with Gasteiger partial charge in [-0.1, -0.05) is 12.8 Å². The van der Waals surface area contributed by atoms with Crippen molar-refractivity contribution in [2.75, 3.05) is 5.73 Å². The summed E-state index contributed by atoms with van der Waals surface area (Å²) in [5.74, 6) is -0.375. The summed E-state index contributed by atoms with van der Waals surface area (Å²) in [5.41, 5.74) is 5.96. The maximum Gasteiger partial charge on any atom is 0.125 e. The molecule has 1 aliphatic rings. The molecule has 0 saturated heterocycles. The number of benzene rings is 1.